The normalized spacial score (nSPS) is 15.5. The van der Waals surface area contributed by atoms with Crippen LogP contribution in [0.3, 0.4) is 0 Å². The first-order chi connectivity index (χ1) is 10.9. The van der Waals surface area contributed by atoms with E-state index in [1.54, 1.807) is 0 Å². The highest BCUT2D eigenvalue weighted by atomic mass is 35.5. The third-order valence-corrected chi connectivity index (χ3v) is 4.24. The van der Waals surface area contributed by atoms with Crippen molar-refractivity contribution >= 4 is 18.3 Å². The second kappa shape index (κ2) is 9.90. The third-order valence-electron chi connectivity index (χ3n) is 4.24. The van der Waals surface area contributed by atoms with Gasteiger partial charge in [0.25, 0.3) is 0 Å². The zero-order chi connectivity index (χ0) is 16.7. The van der Waals surface area contributed by atoms with Crippen LogP contribution in [0, 0.1) is 0 Å². The lowest BCUT2D eigenvalue weighted by atomic mass is 9.87. The molecule has 0 aliphatic carbocycles. The molecule has 1 amide bonds. The Morgan fingerprint density at radius 3 is 2.42 bits per heavy atom. The fourth-order valence-corrected chi connectivity index (χ4v) is 2.74. The number of carbonyl (C=O) groups is 1. The standard InChI is InChI=1S/C19H30N2O2.ClH/c1-19(2,3)15-6-8-17(9-7-15)23-14-4-5-18(22)21-16-10-12-20-13-11-16;/h6-9,16,20H,4-5,10-14H2,1-3H3,(H,21,22);1H. The molecule has 1 saturated heterocycles. The topological polar surface area (TPSA) is 50.4 Å². The van der Waals surface area contributed by atoms with Gasteiger partial charge in [0.2, 0.25) is 5.91 Å². The predicted octanol–water partition coefficient (Wildman–Crippen LogP) is 3.43. The SMILES string of the molecule is CC(C)(C)c1ccc(OCCCC(=O)NC2CCNCC2)cc1.Cl. The van der Waals surface area contributed by atoms with Gasteiger partial charge in [-0.3, -0.25) is 4.79 Å². The van der Waals surface area contributed by atoms with E-state index in [0.717, 1.165) is 38.1 Å². The predicted molar refractivity (Wildman–Crippen MR) is 101 cm³/mol. The Kier molecular flexibility index (Phi) is 8.57. The van der Waals surface area contributed by atoms with Gasteiger partial charge in [0, 0.05) is 12.5 Å². The lowest BCUT2D eigenvalue weighted by Crippen LogP contribution is -2.42. The molecule has 0 unspecified atom stereocenters. The van der Waals surface area contributed by atoms with Gasteiger partial charge in [-0.25, -0.2) is 0 Å². The Morgan fingerprint density at radius 2 is 1.83 bits per heavy atom. The van der Waals surface area contributed by atoms with Gasteiger partial charge in [0.05, 0.1) is 6.61 Å². The van der Waals surface area contributed by atoms with Crippen LogP contribution < -0.4 is 15.4 Å². The summed E-state index contributed by atoms with van der Waals surface area (Å²) in [4.78, 5) is 11.9. The molecule has 0 bridgehead atoms. The van der Waals surface area contributed by atoms with Gasteiger partial charge in [-0.15, -0.1) is 12.4 Å². The molecular weight excluding hydrogens is 324 g/mol. The molecule has 0 saturated carbocycles. The Morgan fingerprint density at radius 1 is 1.21 bits per heavy atom. The largest absolute Gasteiger partial charge is 0.494 e. The first kappa shape index (κ1) is 20.8. The van der Waals surface area contributed by atoms with Crippen molar-refractivity contribution in [2.45, 2.75) is 57.9 Å². The first-order valence-electron chi connectivity index (χ1n) is 8.68. The minimum absolute atomic E-state index is 0. The highest BCUT2D eigenvalue weighted by Crippen LogP contribution is 2.24. The van der Waals surface area contributed by atoms with E-state index in [2.05, 4.69) is 43.5 Å². The van der Waals surface area contributed by atoms with Gasteiger partial charge < -0.3 is 15.4 Å². The summed E-state index contributed by atoms with van der Waals surface area (Å²) in [5.74, 6) is 1.01. The van der Waals surface area contributed by atoms with Crippen molar-refractivity contribution < 1.29 is 9.53 Å². The molecule has 1 fully saturated rings. The number of carbonyl (C=O) groups excluding carboxylic acids is 1. The molecule has 1 aliphatic heterocycles. The maximum absolute atomic E-state index is 11.9. The third kappa shape index (κ3) is 7.10. The summed E-state index contributed by atoms with van der Waals surface area (Å²) in [5, 5.41) is 6.41. The average Bonchev–Trinajstić information content (AvgIpc) is 2.52. The maximum Gasteiger partial charge on any atom is 0.220 e. The maximum atomic E-state index is 11.9. The second-order valence-corrected chi connectivity index (χ2v) is 7.32. The van der Waals surface area contributed by atoms with Crippen LogP contribution >= 0.6 is 12.4 Å². The van der Waals surface area contributed by atoms with E-state index < -0.39 is 0 Å². The van der Waals surface area contributed by atoms with Gasteiger partial charge in [-0.05, 0) is 55.5 Å². The van der Waals surface area contributed by atoms with Crippen molar-refractivity contribution in [3.8, 4) is 5.75 Å². The molecule has 24 heavy (non-hydrogen) atoms. The summed E-state index contributed by atoms with van der Waals surface area (Å²) >= 11 is 0. The molecule has 0 atom stereocenters. The van der Waals surface area contributed by atoms with Crippen molar-refractivity contribution in [2.24, 2.45) is 0 Å². The molecule has 4 nitrogen and oxygen atoms in total. The Hall–Kier alpha value is -1.26. The molecule has 1 heterocycles. The number of rotatable bonds is 6. The molecule has 2 N–H and O–H groups in total. The summed E-state index contributed by atoms with van der Waals surface area (Å²) < 4.78 is 5.72. The van der Waals surface area contributed by atoms with E-state index in [1.807, 2.05) is 12.1 Å². The Bertz CT molecular complexity index is 491. The highest BCUT2D eigenvalue weighted by Gasteiger charge is 2.15. The molecule has 1 aliphatic rings. The van der Waals surface area contributed by atoms with E-state index >= 15 is 0 Å². The van der Waals surface area contributed by atoms with Crippen LogP contribution in [0.4, 0.5) is 0 Å². The van der Waals surface area contributed by atoms with Gasteiger partial charge >= 0.3 is 0 Å². The van der Waals surface area contributed by atoms with E-state index in [9.17, 15) is 4.79 Å². The van der Waals surface area contributed by atoms with Crippen LogP contribution in [0.1, 0.15) is 52.0 Å². The molecule has 1 aromatic rings. The minimum atomic E-state index is 0. The summed E-state index contributed by atoms with van der Waals surface area (Å²) in [7, 11) is 0. The summed E-state index contributed by atoms with van der Waals surface area (Å²) in [6.07, 6.45) is 3.34. The summed E-state index contributed by atoms with van der Waals surface area (Å²) in [6.45, 7) is 9.17. The Balaban J connectivity index is 0.00000288. The van der Waals surface area contributed by atoms with Crippen LogP contribution in [0.15, 0.2) is 24.3 Å². The fraction of sp³-hybridized carbons (Fsp3) is 0.632. The zero-order valence-corrected chi connectivity index (χ0v) is 15.9. The van der Waals surface area contributed by atoms with Crippen molar-refractivity contribution in [3.05, 3.63) is 29.8 Å². The zero-order valence-electron chi connectivity index (χ0n) is 15.1. The van der Waals surface area contributed by atoms with Crippen molar-refractivity contribution in [2.75, 3.05) is 19.7 Å². The van der Waals surface area contributed by atoms with Gasteiger partial charge in [0.1, 0.15) is 5.75 Å². The number of benzene rings is 1. The molecule has 0 spiro atoms. The molecule has 1 aromatic carbocycles. The summed E-state index contributed by atoms with van der Waals surface area (Å²) in [6, 6.07) is 8.58. The highest BCUT2D eigenvalue weighted by molar-refractivity contribution is 5.85. The summed E-state index contributed by atoms with van der Waals surface area (Å²) in [5.41, 5.74) is 1.46. The number of hydrogen-bond donors (Lipinski definition) is 2. The van der Waals surface area contributed by atoms with E-state index in [0.29, 0.717) is 19.1 Å². The minimum Gasteiger partial charge on any atom is -0.494 e. The number of nitrogens with one attached hydrogen (secondary N) is 2. The molecular formula is C19H31ClN2O2. The number of ether oxygens (including phenoxy) is 1. The second-order valence-electron chi connectivity index (χ2n) is 7.32. The van der Waals surface area contributed by atoms with Gasteiger partial charge in [0.15, 0.2) is 0 Å². The van der Waals surface area contributed by atoms with Gasteiger partial charge in [-0.1, -0.05) is 32.9 Å². The average molecular weight is 355 g/mol. The molecule has 2 rings (SSSR count). The fourth-order valence-electron chi connectivity index (χ4n) is 2.74. The van der Waals surface area contributed by atoms with Crippen LogP contribution in [0.5, 0.6) is 5.75 Å². The van der Waals surface area contributed by atoms with Crippen LogP contribution in [0.2, 0.25) is 0 Å². The molecule has 136 valence electrons. The van der Waals surface area contributed by atoms with Gasteiger partial charge in [-0.2, -0.15) is 0 Å². The quantitative estimate of drug-likeness (QED) is 0.769. The van der Waals surface area contributed by atoms with Crippen molar-refractivity contribution in [3.63, 3.8) is 0 Å². The molecule has 0 radical (unpaired) electrons. The lowest BCUT2D eigenvalue weighted by Gasteiger charge is -2.23. The number of halogens is 1. The van der Waals surface area contributed by atoms with Crippen LogP contribution in [-0.2, 0) is 10.2 Å². The van der Waals surface area contributed by atoms with Crippen molar-refractivity contribution in [1.29, 1.82) is 0 Å². The van der Waals surface area contributed by atoms with E-state index in [1.165, 1.54) is 5.56 Å². The van der Waals surface area contributed by atoms with Crippen LogP contribution in [-0.4, -0.2) is 31.6 Å². The number of amides is 1. The number of piperidine rings is 1. The van der Waals surface area contributed by atoms with E-state index in [-0.39, 0.29) is 23.7 Å². The smallest absolute Gasteiger partial charge is 0.220 e. The van der Waals surface area contributed by atoms with E-state index in [4.69, 9.17) is 4.74 Å². The molecule has 5 heteroatoms. The van der Waals surface area contributed by atoms with Crippen molar-refractivity contribution in [1.82, 2.24) is 10.6 Å². The molecule has 0 aromatic heterocycles. The number of hydrogen-bond acceptors (Lipinski definition) is 3. The first-order valence-corrected chi connectivity index (χ1v) is 8.68. The monoisotopic (exact) mass is 354 g/mol. The lowest BCUT2D eigenvalue weighted by molar-refractivity contribution is -0.122. The van der Waals surface area contributed by atoms with Crippen LogP contribution in [0.25, 0.3) is 0 Å². The Labute approximate surface area is 152 Å².